The highest BCUT2D eigenvalue weighted by molar-refractivity contribution is 7.89. The Bertz CT molecular complexity index is 581. The van der Waals surface area contributed by atoms with Crippen molar-refractivity contribution >= 4 is 22.0 Å². The molecule has 0 amide bonds. The fourth-order valence-corrected chi connectivity index (χ4v) is 2.67. The average Bonchev–Trinajstić information content (AvgIpc) is 2.34. The van der Waals surface area contributed by atoms with Crippen molar-refractivity contribution in [3.05, 3.63) is 29.8 Å². The highest BCUT2D eigenvalue weighted by Crippen LogP contribution is 2.15. The smallest absolute Gasteiger partial charge is 0.337 e. The molecule has 1 rings (SSSR count). The number of aliphatic carboxylic acids is 1. The summed E-state index contributed by atoms with van der Waals surface area (Å²) in [6.45, 7) is -0.0669. The molecule has 0 aliphatic heterocycles. The molecular formula is C11H13NO6S. The van der Waals surface area contributed by atoms with Gasteiger partial charge in [-0.1, -0.05) is 12.1 Å². The number of benzene rings is 1. The van der Waals surface area contributed by atoms with Gasteiger partial charge in [0.15, 0.2) is 0 Å². The van der Waals surface area contributed by atoms with Gasteiger partial charge >= 0.3 is 11.9 Å². The SMILES string of the molecule is O=C(O)CCCNS(=O)(=O)c1ccccc1C(=O)O. The summed E-state index contributed by atoms with van der Waals surface area (Å²) in [5, 5.41) is 17.3. The molecule has 0 atom stereocenters. The van der Waals surface area contributed by atoms with Gasteiger partial charge in [0.2, 0.25) is 10.0 Å². The molecule has 0 saturated heterocycles. The van der Waals surface area contributed by atoms with E-state index in [-0.39, 0.29) is 29.8 Å². The lowest BCUT2D eigenvalue weighted by atomic mass is 10.2. The third-order valence-electron chi connectivity index (χ3n) is 2.27. The van der Waals surface area contributed by atoms with Crippen LogP contribution in [-0.4, -0.2) is 37.1 Å². The molecule has 0 bridgehead atoms. The fourth-order valence-electron chi connectivity index (χ4n) is 1.40. The predicted molar refractivity (Wildman–Crippen MR) is 65.5 cm³/mol. The van der Waals surface area contributed by atoms with E-state index < -0.39 is 22.0 Å². The number of aromatic carboxylic acids is 1. The third kappa shape index (κ3) is 4.34. The number of nitrogens with one attached hydrogen (secondary N) is 1. The van der Waals surface area contributed by atoms with Gasteiger partial charge in [-0.3, -0.25) is 4.79 Å². The summed E-state index contributed by atoms with van der Waals surface area (Å²) in [7, 11) is -3.96. The molecule has 0 saturated carbocycles. The molecule has 0 aliphatic rings. The van der Waals surface area contributed by atoms with Crippen LogP contribution in [0.25, 0.3) is 0 Å². The zero-order chi connectivity index (χ0) is 14.5. The second kappa shape index (κ2) is 6.30. The molecule has 1 aromatic carbocycles. The zero-order valence-electron chi connectivity index (χ0n) is 9.87. The molecule has 0 radical (unpaired) electrons. The second-order valence-electron chi connectivity index (χ2n) is 3.70. The Morgan fingerprint density at radius 1 is 1.16 bits per heavy atom. The topological polar surface area (TPSA) is 121 Å². The number of hydrogen-bond donors (Lipinski definition) is 3. The highest BCUT2D eigenvalue weighted by Gasteiger charge is 2.21. The Labute approximate surface area is 109 Å². The molecule has 0 fully saturated rings. The van der Waals surface area contributed by atoms with Crippen LogP contribution in [0.5, 0.6) is 0 Å². The van der Waals surface area contributed by atoms with Gasteiger partial charge in [-0.15, -0.1) is 0 Å². The first-order chi connectivity index (χ1) is 8.84. The van der Waals surface area contributed by atoms with E-state index in [1.54, 1.807) is 0 Å². The van der Waals surface area contributed by atoms with Crippen LogP contribution < -0.4 is 4.72 Å². The lowest BCUT2D eigenvalue weighted by molar-refractivity contribution is -0.137. The minimum atomic E-state index is -3.96. The molecule has 104 valence electrons. The van der Waals surface area contributed by atoms with Gasteiger partial charge in [-0.25, -0.2) is 17.9 Å². The number of sulfonamides is 1. The summed E-state index contributed by atoms with van der Waals surface area (Å²) >= 11 is 0. The average molecular weight is 287 g/mol. The van der Waals surface area contributed by atoms with Crippen LogP contribution in [0.3, 0.4) is 0 Å². The zero-order valence-corrected chi connectivity index (χ0v) is 10.7. The molecule has 7 nitrogen and oxygen atoms in total. The number of rotatable bonds is 7. The minimum absolute atomic E-state index is 0.0669. The van der Waals surface area contributed by atoms with Crippen molar-refractivity contribution in [1.82, 2.24) is 4.72 Å². The summed E-state index contributed by atoms with van der Waals surface area (Å²) in [4.78, 5) is 20.9. The summed E-state index contributed by atoms with van der Waals surface area (Å²) < 4.78 is 25.9. The molecular weight excluding hydrogens is 274 g/mol. The summed E-state index contributed by atoms with van der Waals surface area (Å²) in [5.74, 6) is -2.36. The molecule has 0 heterocycles. The molecule has 0 aromatic heterocycles. The number of carboxylic acid groups (broad SMARTS) is 2. The van der Waals surface area contributed by atoms with Crippen LogP contribution in [0.15, 0.2) is 29.2 Å². The fraction of sp³-hybridized carbons (Fsp3) is 0.273. The van der Waals surface area contributed by atoms with Crippen LogP contribution in [0, 0.1) is 0 Å². The van der Waals surface area contributed by atoms with Gasteiger partial charge in [-0.05, 0) is 18.6 Å². The largest absolute Gasteiger partial charge is 0.481 e. The minimum Gasteiger partial charge on any atom is -0.481 e. The normalized spacial score (nSPS) is 11.2. The quantitative estimate of drug-likeness (QED) is 0.629. The first-order valence-corrected chi connectivity index (χ1v) is 6.86. The van der Waals surface area contributed by atoms with Crippen LogP contribution in [0.1, 0.15) is 23.2 Å². The van der Waals surface area contributed by atoms with Crippen molar-refractivity contribution in [3.8, 4) is 0 Å². The first kappa shape index (κ1) is 15.1. The summed E-state index contributed by atoms with van der Waals surface area (Å²) in [6.07, 6.45) is -0.0348. The monoisotopic (exact) mass is 287 g/mol. The summed E-state index contributed by atoms with van der Waals surface area (Å²) in [6, 6.07) is 5.21. The number of carboxylic acids is 2. The van der Waals surface area contributed by atoms with Crippen LogP contribution in [-0.2, 0) is 14.8 Å². The highest BCUT2D eigenvalue weighted by atomic mass is 32.2. The molecule has 1 aromatic rings. The van der Waals surface area contributed by atoms with Crippen molar-refractivity contribution in [2.45, 2.75) is 17.7 Å². The van der Waals surface area contributed by atoms with E-state index in [4.69, 9.17) is 10.2 Å². The Balaban J connectivity index is 2.83. The van der Waals surface area contributed by atoms with Crippen molar-refractivity contribution in [3.63, 3.8) is 0 Å². The standard InChI is InChI=1S/C11H13NO6S/c13-10(14)6-3-7-12-19(17,18)9-5-2-1-4-8(9)11(15)16/h1-2,4-5,12H,3,6-7H2,(H,13,14)(H,15,16). The van der Waals surface area contributed by atoms with Gasteiger partial charge in [0.05, 0.1) is 10.5 Å². The predicted octanol–water partition coefficient (Wildman–Crippen LogP) is 0.528. The molecule has 0 spiro atoms. The molecule has 8 heteroatoms. The van der Waals surface area contributed by atoms with Gasteiger partial charge < -0.3 is 10.2 Å². The van der Waals surface area contributed by atoms with Gasteiger partial charge in [0.1, 0.15) is 0 Å². The van der Waals surface area contributed by atoms with Crippen molar-refractivity contribution in [1.29, 1.82) is 0 Å². The lowest BCUT2D eigenvalue weighted by Gasteiger charge is -2.08. The lowest BCUT2D eigenvalue weighted by Crippen LogP contribution is -2.26. The maximum absolute atomic E-state index is 11.9. The van der Waals surface area contributed by atoms with Crippen LogP contribution in [0.4, 0.5) is 0 Å². The van der Waals surface area contributed by atoms with Gasteiger partial charge in [0, 0.05) is 13.0 Å². The number of hydrogen-bond acceptors (Lipinski definition) is 4. The van der Waals surface area contributed by atoms with E-state index in [0.717, 1.165) is 0 Å². The van der Waals surface area contributed by atoms with E-state index in [1.165, 1.54) is 24.3 Å². The second-order valence-corrected chi connectivity index (χ2v) is 5.43. The Kier molecular flexibility index (Phi) is 5.02. The molecule has 0 aliphatic carbocycles. The Morgan fingerprint density at radius 3 is 2.37 bits per heavy atom. The van der Waals surface area contributed by atoms with Crippen molar-refractivity contribution in [2.75, 3.05) is 6.54 Å². The van der Waals surface area contributed by atoms with E-state index in [9.17, 15) is 18.0 Å². The molecule has 0 unspecified atom stereocenters. The van der Waals surface area contributed by atoms with E-state index >= 15 is 0 Å². The van der Waals surface area contributed by atoms with E-state index in [0.29, 0.717) is 0 Å². The maximum atomic E-state index is 11.9. The number of carbonyl (C=O) groups is 2. The van der Waals surface area contributed by atoms with E-state index in [2.05, 4.69) is 4.72 Å². The molecule has 19 heavy (non-hydrogen) atoms. The van der Waals surface area contributed by atoms with Gasteiger partial charge in [0.25, 0.3) is 0 Å². The first-order valence-electron chi connectivity index (χ1n) is 5.38. The molecule has 3 N–H and O–H groups in total. The maximum Gasteiger partial charge on any atom is 0.337 e. The third-order valence-corrected chi connectivity index (χ3v) is 3.79. The van der Waals surface area contributed by atoms with Crippen LogP contribution >= 0.6 is 0 Å². The Hall–Kier alpha value is -1.93. The summed E-state index contributed by atoms with van der Waals surface area (Å²) in [5.41, 5.74) is -0.326. The Morgan fingerprint density at radius 2 is 1.79 bits per heavy atom. The van der Waals surface area contributed by atoms with Gasteiger partial charge in [-0.2, -0.15) is 0 Å². The van der Waals surface area contributed by atoms with Crippen LogP contribution in [0.2, 0.25) is 0 Å². The van der Waals surface area contributed by atoms with E-state index in [1.807, 2.05) is 0 Å². The van der Waals surface area contributed by atoms with Crippen molar-refractivity contribution in [2.24, 2.45) is 0 Å². The van der Waals surface area contributed by atoms with Crippen molar-refractivity contribution < 1.29 is 28.2 Å².